The zero-order valence-corrected chi connectivity index (χ0v) is 10.1. The largest absolute Gasteiger partial charge is 0.479 e. The van der Waals surface area contributed by atoms with Gasteiger partial charge in [-0.05, 0) is 6.42 Å². The molecule has 0 aromatic carbocycles. The Morgan fingerprint density at radius 3 is 2.47 bits per heavy atom. The molecule has 2 unspecified atom stereocenters. The summed E-state index contributed by atoms with van der Waals surface area (Å²) in [5.41, 5.74) is 3.36. The van der Waals surface area contributed by atoms with E-state index in [1.54, 1.807) is 0 Å². The zero-order chi connectivity index (χ0) is 13.4. The van der Waals surface area contributed by atoms with Crippen molar-refractivity contribution in [1.29, 1.82) is 0 Å². The Balaban J connectivity index is 3.01. The number of carbonyl (C=O) groups is 2. The van der Waals surface area contributed by atoms with Crippen LogP contribution < -0.4 is 5.73 Å². The molecule has 1 aliphatic rings. The average Bonchev–Trinajstić information content (AvgIpc) is 2.46. The van der Waals surface area contributed by atoms with Crippen molar-refractivity contribution in [3.05, 3.63) is 0 Å². The van der Waals surface area contributed by atoms with Crippen molar-refractivity contribution in [1.82, 2.24) is 4.90 Å². The van der Waals surface area contributed by atoms with Crippen LogP contribution in [0, 0.1) is 0 Å². The SMILES string of the molecule is CCC(N1CCC(N)(C(=O)O)C1=O)P(=O)(O)O. The molecule has 0 spiro atoms. The van der Waals surface area contributed by atoms with Gasteiger partial charge in [-0.2, -0.15) is 0 Å². The second kappa shape index (κ2) is 4.38. The average molecular weight is 266 g/mol. The van der Waals surface area contributed by atoms with Crippen LogP contribution in [-0.4, -0.2) is 49.5 Å². The molecule has 98 valence electrons. The molecule has 1 fully saturated rings. The van der Waals surface area contributed by atoms with Crippen LogP contribution >= 0.6 is 7.60 Å². The summed E-state index contributed by atoms with van der Waals surface area (Å²) in [6.45, 7) is 1.44. The van der Waals surface area contributed by atoms with Crippen LogP contribution in [0.25, 0.3) is 0 Å². The summed E-state index contributed by atoms with van der Waals surface area (Å²) >= 11 is 0. The van der Waals surface area contributed by atoms with Gasteiger partial charge in [-0.3, -0.25) is 9.36 Å². The molecule has 17 heavy (non-hydrogen) atoms. The molecule has 0 radical (unpaired) electrons. The van der Waals surface area contributed by atoms with E-state index in [9.17, 15) is 14.2 Å². The summed E-state index contributed by atoms with van der Waals surface area (Å²) < 4.78 is 11.2. The lowest BCUT2D eigenvalue weighted by Gasteiger charge is -2.28. The predicted octanol–water partition coefficient (Wildman–Crippen LogP) is -1.09. The molecular formula is C8H15N2O6P. The number of nitrogens with zero attached hydrogens (tertiary/aromatic N) is 1. The van der Waals surface area contributed by atoms with Crippen molar-refractivity contribution in [2.45, 2.75) is 31.1 Å². The maximum atomic E-state index is 11.8. The van der Waals surface area contributed by atoms with Crippen LogP contribution in [0.1, 0.15) is 19.8 Å². The molecule has 0 saturated carbocycles. The number of likely N-dealkylation sites (tertiary alicyclic amines) is 1. The molecule has 0 aromatic rings. The summed E-state index contributed by atoms with van der Waals surface area (Å²) in [6.07, 6.45) is -0.122. The first-order chi connectivity index (χ1) is 7.64. The minimum atomic E-state index is -4.49. The second-order valence-electron chi connectivity index (χ2n) is 4.00. The number of aliphatic carboxylic acids is 1. The van der Waals surface area contributed by atoms with Gasteiger partial charge < -0.3 is 25.5 Å². The van der Waals surface area contributed by atoms with Crippen molar-refractivity contribution in [2.75, 3.05) is 6.54 Å². The van der Waals surface area contributed by atoms with Gasteiger partial charge in [0.05, 0.1) is 0 Å². The van der Waals surface area contributed by atoms with Gasteiger partial charge in [-0.25, -0.2) is 4.79 Å². The molecule has 1 saturated heterocycles. The van der Waals surface area contributed by atoms with E-state index < -0.39 is 30.8 Å². The molecule has 2 atom stereocenters. The van der Waals surface area contributed by atoms with Gasteiger partial charge in [0, 0.05) is 13.0 Å². The topological polar surface area (TPSA) is 141 Å². The number of amides is 1. The van der Waals surface area contributed by atoms with Crippen LogP contribution in [0.3, 0.4) is 0 Å². The Kier molecular flexibility index (Phi) is 3.63. The molecule has 0 aromatic heterocycles. The smallest absolute Gasteiger partial charge is 0.347 e. The first kappa shape index (κ1) is 14.1. The van der Waals surface area contributed by atoms with Crippen molar-refractivity contribution < 1.29 is 29.0 Å². The third-order valence-electron chi connectivity index (χ3n) is 2.88. The molecule has 1 aliphatic heterocycles. The first-order valence-corrected chi connectivity index (χ1v) is 6.71. The van der Waals surface area contributed by atoms with E-state index in [4.69, 9.17) is 20.6 Å². The Morgan fingerprint density at radius 1 is 1.65 bits per heavy atom. The van der Waals surface area contributed by atoms with Crippen LogP contribution in [0.15, 0.2) is 0 Å². The monoisotopic (exact) mass is 266 g/mol. The molecular weight excluding hydrogens is 251 g/mol. The van der Waals surface area contributed by atoms with E-state index in [1.807, 2.05) is 0 Å². The van der Waals surface area contributed by atoms with Gasteiger partial charge in [0.25, 0.3) is 5.91 Å². The van der Waals surface area contributed by atoms with Gasteiger partial charge in [0.15, 0.2) is 5.54 Å². The van der Waals surface area contributed by atoms with E-state index in [1.165, 1.54) is 6.92 Å². The van der Waals surface area contributed by atoms with Gasteiger partial charge in [0.2, 0.25) is 0 Å². The molecule has 1 amide bonds. The highest BCUT2D eigenvalue weighted by atomic mass is 31.2. The fourth-order valence-electron chi connectivity index (χ4n) is 1.88. The molecule has 5 N–H and O–H groups in total. The normalized spacial score (nSPS) is 27.3. The van der Waals surface area contributed by atoms with Crippen LogP contribution in [-0.2, 0) is 14.2 Å². The minimum absolute atomic E-state index is 0.0334. The summed E-state index contributed by atoms with van der Waals surface area (Å²) in [6, 6.07) is 0. The molecule has 9 heteroatoms. The summed E-state index contributed by atoms with van der Waals surface area (Å²) in [4.78, 5) is 41.7. The van der Waals surface area contributed by atoms with Crippen LogP contribution in [0.2, 0.25) is 0 Å². The number of hydrogen-bond acceptors (Lipinski definition) is 4. The van der Waals surface area contributed by atoms with Gasteiger partial charge >= 0.3 is 13.6 Å². The van der Waals surface area contributed by atoms with Gasteiger partial charge in [-0.15, -0.1) is 0 Å². The molecule has 1 rings (SSSR count). The predicted molar refractivity (Wildman–Crippen MR) is 57.0 cm³/mol. The van der Waals surface area contributed by atoms with Crippen molar-refractivity contribution in [3.63, 3.8) is 0 Å². The van der Waals surface area contributed by atoms with E-state index in [0.717, 1.165) is 4.90 Å². The third kappa shape index (κ3) is 2.35. The maximum Gasteiger partial charge on any atom is 0.347 e. The summed E-state index contributed by atoms with van der Waals surface area (Å²) in [7, 11) is -4.49. The Labute approximate surface area is 97.6 Å². The number of carboxylic acids is 1. The number of carboxylic acid groups (broad SMARTS) is 1. The fraction of sp³-hybridized carbons (Fsp3) is 0.750. The number of hydrogen-bond donors (Lipinski definition) is 4. The number of nitrogens with two attached hydrogens (primary N) is 1. The van der Waals surface area contributed by atoms with Gasteiger partial charge in [-0.1, -0.05) is 6.92 Å². The highest BCUT2D eigenvalue weighted by molar-refractivity contribution is 7.52. The van der Waals surface area contributed by atoms with E-state index in [0.29, 0.717) is 0 Å². The highest BCUT2D eigenvalue weighted by Gasteiger charge is 2.53. The Bertz CT molecular complexity index is 393. The number of carbonyl (C=O) groups excluding carboxylic acids is 1. The minimum Gasteiger partial charge on any atom is -0.479 e. The Hall–Kier alpha value is -0.950. The maximum absolute atomic E-state index is 11.8. The fourth-order valence-corrected chi connectivity index (χ4v) is 2.94. The standard InChI is InChI=1S/C8H15N2O6P/c1-2-5(17(14,15)16)10-4-3-8(9,6(10)11)7(12)13/h5H,2-4,9H2,1H3,(H,12,13)(H2,14,15,16). The lowest BCUT2D eigenvalue weighted by atomic mass is 10.00. The lowest BCUT2D eigenvalue weighted by molar-refractivity contribution is -0.149. The summed E-state index contributed by atoms with van der Waals surface area (Å²) in [5, 5.41) is 8.85. The highest BCUT2D eigenvalue weighted by Crippen LogP contribution is 2.46. The van der Waals surface area contributed by atoms with Crippen molar-refractivity contribution in [2.24, 2.45) is 5.73 Å². The van der Waals surface area contributed by atoms with E-state index >= 15 is 0 Å². The van der Waals surface area contributed by atoms with E-state index in [2.05, 4.69) is 0 Å². The Morgan fingerprint density at radius 2 is 2.18 bits per heavy atom. The molecule has 8 nitrogen and oxygen atoms in total. The van der Waals surface area contributed by atoms with E-state index in [-0.39, 0.29) is 19.4 Å². The lowest BCUT2D eigenvalue weighted by Crippen LogP contribution is -2.55. The molecule has 0 bridgehead atoms. The third-order valence-corrected chi connectivity index (χ3v) is 4.30. The molecule has 0 aliphatic carbocycles. The first-order valence-electron chi connectivity index (χ1n) is 5.03. The van der Waals surface area contributed by atoms with Crippen molar-refractivity contribution in [3.8, 4) is 0 Å². The second-order valence-corrected chi connectivity index (χ2v) is 5.78. The quantitative estimate of drug-likeness (QED) is 0.374. The van der Waals surface area contributed by atoms with Gasteiger partial charge in [0.1, 0.15) is 5.78 Å². The van der Waals surface area contributed by atoms with Crippen LogP contribution in [0.4, 0.5) is 0 Å². The van der Waals surface area contributed by atoms with Crippen LogP contribution in [0.5, 0.6) is 0 Å². The number of rotatable bonds is 4. The van der Waals surface area contributed by atoms with Crippen molar-refractivity contribution >= 4 is 19.5 Å². The zero-order valence-electron chi connectivity index (χ0n) is 9.24. The summed E-state index contributed by atoms with van der Waals surface area (Å²) in [5.74, 6) is -3.73. The molecule has 1 heterocycles.